The molecule has 0 spiro atoms. The summed E-state index contributed by atoms with van der Waals surface area (Å²) in [6, 6.07) is 7.66. The van der Waals surface area contributed by atoms with Crippen LogP contribution in [0.25, 0.3) is 11.5 Å². The quantitative estimate of drug-likeness (QED) is 0.412. The van der Waals surface area contributed by atoms with Gasteiger partial charge in [0, 0.05) is 31.1 Å². The minimum atomic E-state index is -3.01. The van der Waals surface area contributed by atoms with Crippen molar-refractivity contribution in [1.82, 2.24) is 20.9 Å². The van der Waals surface area contributed by atoms with Gasteiger partial charge in [-0.15, -0.1) is 0 Å². The Balaban J connectivity index is 1.47. The van der Waals surface area contributed by atoms with E-state index in [1.54, 1.807) is 6.26 Å². The van der Waals surface area contributed by atoms with Gasteiger partial charge in [-0.3, -0.25) is 4.79 Å². The maximum atomic E-state index is 12.1. The minimum Gasteiger partial charge on any atom is -0.444 e. The van der Waals surface area contributed by atoms with Crippen molar-refractivity contribution in [3.8, 4) is 11.5 Å². The molecule has 9 nitrogen and oxygen atoms in total. The van der Waals surface area contributed by atoms with Crippen molar-refractivity contribution in [2.45, 2.75) is 39.3 Å². The summed E-state index contributed by atoms with van der Waals surface area (Å²) in [4.78, 5) is 21.0. The van der Waals surface area contributed by atoms with E-state index in [4.69, 9.17) is 4.42 Å². The molecular formula is C21H29N5O4S. The van der Waals surface area contributed by atoms with Gasteiger partial charge in [0.05, 0.1) is 18.1 Å². The third kappa shape index (κ3) is 7.09. The Hall–Kier alpha value is -2.88. The van der Waals surface area contributed by atoms with E-state index in [0.717, 1.165) is 5.56 Å². The van der Waals surface area contributed by atoms with E-state index < -0.39 is 9.84 Å². The minimum absolute atomic E-state index is 0.0263. The van der Waals surface area contributed by atoms with Crippen molar-refractivity contribution in [3.05, 3.63) is 41.8 Å². The standard InChI is InChI=1S/C21H29N5O4S/c1-3-22-21(23-10-8-19(27)25-17-9-11-31(28,29)14-17)24-12-18-13-30-20(26-18)16-6-4-15(2)5-7-16/h4-7,13,17H,3,8-12,14H2,1-2H3,(H,25,27)(H2,22,23,24). The zero-order chi connectivity index (χ0) is 22.3. The molecule has 1 aromatic heterocycles. The Morgan fingerprint density at radius 1 is 1.26 bits per heavy atom. The Kier molecular flexibility index (Phi) is 7.67. The van der Waals surface area contributed by atoms with E-state index in [9.17, 15) is 13.2 Å². The van der Waals surface area contributed by atoms with Gasteiger partial charge in [0.1, 0.15) is 12.0 Å². The summed E-state index contributed by atoms with van der Waals surface area (Å²) in [5.74, 6) is 1.11. The molecule has 1 aliphatic rings. The largest absolute Gasteiger partial charge is 0.444 e. The number of aryl methyl sites for hydroxylation is 1. The van der Waals surface area contributed by atoms with Crippen molar-refractivity contribution in [2.24, 2.45) is 4.99 Å². The number of aliphatic imine (C=N–C) groups is 1. The lowest BCUT2D eigenvalue weighted by Crippen LogP contribution is -2.41. The van der Waals surface area contributed by atoms with Crippen LogP contribution >= 0.6 is 0 Å². The number of nitrogens with one attached hydrogen (secondary N) is 3. The summed E-state index contributed by atoms with van der Waals surface area (Å²) < 4.78 is 28.5. The molecule has 1 aliphatic heterocycles. The molecule has 0 aliphatic carbocycles. The van der Waals surface area contributed by atoms with E-state index in [0.29, 0.717) is 43.6 Å². The lowest BCUT2D eigenvalue weighted by Gasteiger charge is -2.13. The van der Waals surface area contributed by atoms with Crippen LogP contribution in [0.1, 0.15) is 31.0 Å². The lowest BCUT2D eigenvalue weighted by molar-refractivity contribution is -0.121. The van der Waals surface area contributed by atoms with Crippen LogP contribution in [-0.4, -0.2) is 55.9 Å². The van der Waals surface area contributed by atoms with Crippen molar-refractivity contribution in [1.29, 1.82) is 0 Å². The third-order valence-corrected chi connectivity index (χ3v) is 6.60. The van der Waals surface area contributed by atoms with Gasteiger partial charge in [0.25, 0.3) is 0 Å². The highest BCUT2D eigenvalue weighted by Crippen LogP contribution is 2.19. The topological polar surface area (TPSA) is 126 Å². The molecule has 1 amide bonds. The van der Waals surface area contributed by atoms with Crippen LogP contribution < -0.4 is 16.0 Å². The van der Waals surface area contributed by atoms with Crippen LogP contribution in [0.2, 0.25) is 0 Å². The number of hydrogen-bond acceptors (Lipinski definition) is 6. The fourth-order valence-electron chi connectivity index (χ4n) is 3.21. The summed E-state index contributed by atoms with van der Waals surface area (Å²) in [5.41, 5.74) is 2.78. The number of oxazole rings is 1. The number of amides is 1. The van der Waals surface area contributed by atoms with E-state index in [2.05, 4.69) is 25.9 Å². The van der Waals surface area contributed by atoms with Gasteiger partial charge in [0.15, 0.2) is 15.8 Å². The van der Waals surface area contributed by atoms with Gasteiger partial charge in [-0.2, -0.15) is 0 Å². The molecule has 2 aromatic rings. The second-order valence-electron chi connectivity index (χ2n) is 7.55. The summed E-state index contributed by atoms with van der Waals surface area (Å²) in [6.45, 7) is 5.36. The zero-order valence-electron chi connectivity index (χ0n) is 17.8. The average molecular weight is 448 g/mol. The predicted octanol–water partition coefficient (Wildman–Crippen LogP) is 1.40. The van der Waals surface area contributed by atoms with Gasteiger partial charge in [-0.05, 0) is 32.4 Å². The summed E-state index contributed by atoms with van der Waals surface area (Å²) in [7, 11) is -3.01. The maximum Gasteiger partial charge on any atom is 0.226 e. The molecule has 10 heteroatoms. The number of rotatable bonds is 8. The molecule has 1 aromatic carbocycles. The van der Waals surface area contributed by atoms with E-state index in [1.807, 2.05) is 38.1 Å². The number of nitrogens with zero attached hydrogens (tertiary/aromatic N) is 2. The normalized spacial score (nSPS) is 18.0. The maximum absolute atomic E-state index is 12.1. The Morgan fingerprint density at radius 3 is 2.71 bits per heavy atom. The SMILES string of the molecule is CCNC(=NCc1coc(-c2ccc(C)cc2)n1)NCCC(=O)NC1CCS(=O)(=O)C1. The van der Waals surface area contributed by atoms with Crippen LogP contribution in [0.5, 0.6) is 0 Å². The second kappa shape index (κ2) is 10.4. The molecule has 1 saturated heterocycles. The highest BCUT2D eigenvalue weighted by Gasteiger charge is 2.28. The molecule has 3 rings (SSSR count). The van der Waals surface area contributed by atoms with Gasteiger partial charge < -0.3 is 20.4 Å². The van der Waals surface area contributed by atoms with Crippen LogP contribution in [0.3, 0.4) is 0 Å². The van der Waals surface area contributed by atoms with Crippen molar-refractivity contribution < 1.29 is 17.6 Å². The number of hydrogen-bond donors (Lipinski definition) is 3. The summed E-state index contributed by atoms with van der Waals surface area (Å²) >= 11 is 0. The average Bonchev–Trinajstić information content (AvgIpc) is 3.33. The summed E-state index contributed by atoms with van der Waals surface area (Å²) in [6.07, 6.45) is 2.29. The van der Waals surface area contributed by atoms with E-state index >= 15 is 0 Å². The lowest BCUT2D eigenvalue weighted by atomic mass is 10.1. The first-order chi connectivity index (χ1) is 14.8. The van der Waals surface area contributed by atoms with E-state index in [1.165, 1.54) is 5.56 Å². The Bertz CT molecular complexity index is 1010. The van der Waals surface area contributed by atoms with Crippen molar-refractivity contribution in [2.75, 3.05) is 24.6 Å². The Morgan fingerprint density at radius 2 is 2.03 bits per heavy atom. The predicted molar refractivity (Wildman–Crippen MR) is 119 cm³/mol. The Labute approximate surface area is 182 Å². The van der Waals surface area contributed by atoms with Crippen LogP contribution in [0.4, 0.5) is 0 Å². The van der Waals surface area contributed by atoms with Gasteiger partial charge in [-0.1, -0.05) is 17.7 Å². The molecule has 2 heterocycles. The monoisotopic (exact) mass is 447 g/mol. The molecule has 168 valence electrons. The van der Waals surface area contributed by atoms with Crippen LogP contribution in [0.15, 0.2) is 39.9 Å². The number of carbonyl (C=O) groups is 1. The van der Waals surface area contributed by atoms with Crippen LogP contribution in [-0.2, 0) is 21.2 Å². The number of sulfone groups is 1. The molecule has 0 saturated carbocycles. The smallest absolute Gasteiger partial charge is 0.226 e. The highest BCUT2D eigenvalue weighted by atomic mass is 32.2. The molecule has 31 heavy (non-hydrogen) atoms. The zero-order valence-corrected chi connectivity index (χ0v) is 18.7. The number of benzene rings is 1. The highest BCUT2D eigenvalue weighted by molar-refractivity contribution is 7.91. The third-order valence-electron chi connectivity index (χ3n) is 4.84. The molecule has 0 radical (unpaired) electrons. The second-order valence-corrected chi connectivity index (χ2v) is 9.78. The molecule has 3 N–H and O–H groups in total. The van der Waals surface area contributed by atoms with Crippen LogP contribution in [0, 0.1) is 6.92 Å². The molecule has 1 unspecified atom stereocenters. The first kappa shape index (κ1) is 22.8. The summed E-state index contributed by atoms with van der Waals surface area (Å²) in [5, 5.41) is 9.01. The van der Waals surface area contributed by atoms with Gasteiger partial charge in [0.2, 0.25) is 11.8 Å². The number of aromatic nitrogens is 1. The van der Waals surface area contributed by atoms with Gasteiger partial charge >= 0.3 is 0 Å². The number of carbonyl (C=O) groups excluding carboxylic acids is 1. The molecular weight excluding hydrogens is 418 g/mol. The molecule has 1 atom stereocenters. The van der Waals surface area contributed by atoms with Gasteiger partial charge in [-0.25, -0.2) is 18.4 Å². The van der Waals surface area contributed by atoms with E-state index in [-0.39, 0.29) is 29.9 Å². The number of guanidine groups is 1. The first-order valence-electron chi connectivity index (χ1n) is 10.4. The fourth-order valence-corrected chi connectivity index (χ4v) is 4.89. The first-order valence-corrected chi connectivity index (χ1v) is 12.2. The van der Waals surface area contributed by atoms with Crippen molar-refractivity contribution >= 4 is 21.7 Å². The molecule has 1 fully saturated rings. The fraction of sp³-hybridized carbons (Fsp3) is 0.476. The molecule has 0 bridgehead atoms. The van der Waals surface area contributed by atoms with Crippen molar-refractivity contribution in [3.63, 3.8) is 0 Å².